The van der Waals surface area contributed by atoms with Crippen LogP contribution in [0.15, 0.2) is 53.3 Å². The summed E-state index contributed by atoms with van der Waals surface area (Å²) in [6.45, 7) is 11.5. The van der Waals surface area contributed by atoms with Gasteiger partial charge in [-0.2, -0.15) is 0 Å². The fourth-order valence-electron chi connectivity index (χ4n) is 6.47. The highest BCUT2D eigenvalue weighted by Gasteiger charge is 2.26. The van der Waals surface area contributed by atoms with Crippen LogP contribution in [0.2, 0.25) is 0 Å². The number of hydrogen-bond donors (Lipinski definition) is 2. The second-order valence-corrected chi connectivity index (χ2v) is 11.0. The Kier molecular flexibility index (Phi) is 8.81. The molecule has 1 atom stereocenters. The van der Waals surface area contributed by atoms with E-state index in [2.05, 4.69) is 52.0 Å². The van der Waals surface area contributed by atoms with Gasteiger partial charge >= 0.3 is 0 Å². The number of rotatable bonds is 9. The summed E-state index contributed by atoms with van der Waals surface area (Å²) in [5.41, 5.74) is 6.74. The highest BCUT2D eigenvalue weighted by molar-refractivity contribution is 5.88. The minimum absolute atomic E-state index is 0.270. The average molecular weight is 547 g/mol. The molecule has 5 nitrogen and oxygen atoms in total. The van der Waals surface area contributed by atoms with Gasteiger partial charge in [0.25, 0.3) is 0 Å². The molecule has 2 aliphatic rings. The zero-order chi connectivity index (χ0) is 28.2. The number of H-pyrrole nitrogens is 1. The largest absolute Gasteiger partial charge is 0.496 e. The molecule has 212 valence electrons. The van der Waals surface area contributed by atoms with E-state index in [4.69, 9.17) is 4.74 Å². The monoisotopic (exact) mass is 546 g/mol. The first-order valence-electron chi connectivity index (χ1n) is 14.4. The maximum Gasteiger partial charge on any atom is 0.137 e. The lowest BCUT2D eigenvalue weighted by molar-refractivity contribution is 0.209. The van der Waals surface area contributed by atoms with E-state index < -0.39 is 11.6 Å². The van der Waals surface area contributed by atoms with Crippen molar-refractivity contribution >= 4 is 18.1 Å². The van der Waals surface area contributed by atoms with E-state index in [0.29, 0.717) is 34.7 Å². The van der Waals surface area contributed by atoms with Crippen molar-refractivity contribution in [3.8, 4) is 5.75 Å². The zero-order valence-corrected chi connectivity index (χ0v) is 23.8. The number of aryl methyl sites for hydroxylation is 1. The molecule has 0 amide bonds. The normalized spacial score (nSPS) is 18.8. The molecule has 0 radical (unpaired) electrons. The van der Waals surface area contributed by atoms with E-state index in [1.165, 1.54) is 43.4 Å². The van der Waals surface area contributed by atoms with Crippen LogP contribution < -0.4 is 10.1 Å². The van der Waals surface area contributed by atoms with Crippen molar-refractivity contribution in [2.24, 2.45) is 4.99 Å². The van der Waals surface area contributed by atoms with Gasteiger partial charge in [0.15, 0.2) is 0 Å². The molecule has 0 saturated carbocycles. The lowest BCUT2D eigenvalue weighted by Gasteiger charge is -2.32. The summed E-state index contributed by atoms with van der Waals surface area (Å²) in [5.74, 6) is 0.327. The van der Waals surface area contributed by atoms with Gasteiger partial charge in [-0.3, -0.25) is 0 Å². The van der Waals surface area contributed by atoms with E-state index in [9.17, 15) is 8.78 Å². The van der Waals surface area contributed by atoms with E-state index in [1.807, 2.05) is 6.07 Å². The van der Waals surface area contributed by atoms with Gasteiger partial charge in [0, 0.05) is 34.4 Å². The molecule has 40 heavy (non-hydrogen) atoms. The average Bonchev–Trinajstić information content (AvgIpc) is 3.38. The predicted octanol–water partition coefficient (Wildman–Crippen LogP) is 7.26. The molecule has 1 aromatic heterocycles. The maximum atomic E-state index is 15.0. The van der Waals surface area contributed by atoms with Gasteiger partial charge in [0.1, 0.15) is 23.2 Å². The lowest BCUT2D eigenvalue weighted by Crippen LogP contribution is -2.34. The van der Waals surface area contributed by atoms with E-state index >= 15 is 0 Å². The van der Waals surface area contributed by atoms with Crippen molar-refractivity contribution in [3.63, 3.8) is 0 Å². The topological polar surface area (TPSA) is 52.7 Å². The number of allylic oxidation sites excluding steroid dienone is 1. The molecule has 0 spiro atoms. The number of piperidine rings is 1. The van der Waals surface area contributed by atoms with Crippen LogP contribution in [0.3, 0.4) is 0 Å². The van der Waals surface area contributed by atoms with Crippen LogP contribution >= 0.6 is 0 Å². The Morgan fingerprint density at radius 3 is 2.67 bits per heavy atom. The lowest BCUT2D eigenvalue weighted by atomic mass is 9.89. The molecular weight excluding hydrogens is 506 g/mol. The Labute approximate surface area is 236 Å². The summed E-state index contributed by atoms with van der Waals surface area (Å²) in [7, 11) is 1.50. The number of aromatic nitrogens is 1. The number of ether oxygens (including phenoxy) is 1. The second kappa shape index (κ2) is 12.5. The highest BCUT2D eigenvalue weighted by atomic mass is 19.1. The fraction of sp³-hybridized carbons (Fsp3) is 0.424. The van der Waals surface area contributed by atoms with Crippen LogP contribution in [0.4, 0.5) is 14.6 Å². The molecule has 1 unspecified atom stereocenters. The minimum atomic E-state index is -0.454. The number of methoxy groups -OCH3 is 1. The number of nitrogens with one attached hydrogen (secondary N) is 2. The fourth-order valence-corrected chi connectivity index (χ4v) is 6.47. The summed E-state index contributed by atoms with van der Waals surface area (Å²) < 4.78 is 34.6. The van der Waals surface area contributed by atoms with Crippen LogP contribution in [0.1, 0.15) is 78.6 Å². The van der Waals surface area contributed by atoms with Crippen molar-refractivity contribution in [2.45, 2.75) is 57.9 Å². The smallest absolute Gasteiger partial charge is 0.137 e. The van der Waals surface area contributed by atoms with E-state index in [1.54, 1.807) is 5.56 Å². The summed E-state index contributed by atoms with van der Waals surface area (Å²) in [5, 5.41) is 3.56. The van der Waals surface area contributed by atoms with Crippen LogP contribution in [0, 0.1) is 5.82 Å². The molecule has 2 aliphatic heterocycles. The molecule has 2 aromatic carbocycles. The zero-order valence-electron chi connectivity index (χ0n) is 23.8. The molecule has 3 heterocycles. The molecule has 0 bridgehead atoms. The van der Waals surface area contributed by atoms with Gasteiger partial charge < -0.3 is 19.9 Å². The number of aromatic amines is 1. The van der Waals surface area contributed by atoms with Gasteiger partial charge in [-0.25, -0.2) is 13.8 Å². The minimum Gasteiger partial charge on any atom is -0.496 e. The first-order chi connectivity index (χ1) is 19.4. The molecule has 5 rings (SSSR count). The van der Waals surface area contributed by atoms with Crippen molar-refractivity contribution in [1.82, 2.24) is 15.2 Å². The summed E-state index contributed by atoms with van der Waals surface area (Å²) in [6.07, 6.45) is 5.41. The van der Waals surface area contributed by atoms with Gasteiger partial charge in [-0.05, 0) is 120 Å². The third-order valence-electron chi connectivity index (χ3n) is 8.57. The molecule has 0 aliphatic carbocycles. The van der Waals surface area contributed by atoms with Crippen LogP contribution in [0.25, 0.3) is 5.57 Å². The third-order valence-corrected chi connectivity index (χ3v) is 8.57. The number of fused-ring (bicyclic) bond motifs is 1. The summed E-state index contributed by atoms with van der Waals surface area (Å²) >= 11 is 0. The number of likely N-dealkylation sites (tertiary alicyclic amines) is 1. The molecule has 3 aromatic rings. The Balaban J connectivity index is 1.24. The number of benzene rings is 2. The van der Waals surface area contributed by atoms with Crippen LogP contribution in [0.5, 0.6) is 5.75 Å². The standard InChI is InChI=1S/C33H40F2N4O/c1-21(34)32(28-19-25(35)10-11-31(28)40-4)29-20-30(38-33(29)36-3)24-13-17-39(18-14-24)16-6-8-23-7-5-9-26-22(2)37-15-12-27(23)26/h5,7,9-11,19-20,22,24,37-38H,3,6,8,12-18H2,1-2,4H3/b32-21+. The Morgan fingerprint density at radius 1 is 1.15 bits per heavy atom. The van der Waals surface area contributed by atoms with Gasteiger partial charge in [0.05, 0.1) is 7.11 Å². The van der Waals surface area contributed by atoms with Crippen molar-refractivity contribution in [3.05, 3.63) is 87.6 Å². The first-order valence-corrected chi connectivity index (χ1v) is 14.4. The number of halogens is 2. The van der Waals surface area contributed by atoms with Gasteiger partial charge in [0.2, 0.25) is 0 Å². The van der Waals surface area contributed by atoms with Crippen molar-refractivity contribution in [1.29, 1.82) is 0 Å². The SMILES string of the molecule is C=Nc1[nH]c(C2CCN(CCCc3cccc4c3CCNC4C)CC2)cc1/C(=C(\C)F)c1cc(F)ccc1OC. The van der Waals surface area contributed by atoms with E-state index in [-0.39, 0.29) is 5.57 Å². The second-order valence-electron chi connectivity index (χ2n) is 11.0. The quantitative estimate of drug-likeness (QED) is 0.278. The Hall–Kier alpha value is -3.29. The molecule has 1 saturated heterocycles. The van der Waals surface area contributed by atoms with E-state index in [0.717, 1.165) is 64.0 Å². The summed E-state index contributed by atoms with van der Waals surface area (Å²) in [4.78, 5) is 10.1. The number of aliphatic imine (C=N–C) groups is 1. The van der Waals surface area contributed by atoms with Gasteiger partial charge in [-0.1, -0.05) is 18.2 Å². The predicted molar refractivity (Wildman–Crippen MR) is 159 cm³/mol. The Bertz CT molecular complexity index is 1380. The van der Waals surface area contributed by atoms with Crippen LogP contribution in [-0.2, 0) is 12.8 Å². The van der Waals surface area contributed by atoms with Crippen LogP contribution in [-0.4, -0.2) is 49.9 Å². The van der Waals surface area contributed by atoms with Gasteiger partial charge in [-0.15, -0.1) is 0 Å². The molecule has 7 heteroatoms. The highest BCUT2D eigenvalue weighted by Crippen LogP contribution is 2.41. The Morgan fingerprint density at radius 2 is 1.95 bits per heavy atom. The molecule has 2 N–H and O–H groups in total. The maximum absolute atomic E-state index is 15.0. The molecular formula is C33H40F2N4O. The number of nitrogens with zero attached hydrogens (tertiary/aromatic N) is 2. The number of hydrogen-bond acceptors (Lipinski definition) is 4. The summed E-state index contributed by atoms with van der Waals surface area (Å²) in [6, 6.07) is 13.3. The first kappa shape index (κ1) is 28.2. The van der Waals surface area contributed by atoms with Crippen molar-refractivity contribution < 1.29 is 13.5 Å². The van der Waals surface area contributed by atoms with Crippen molar-refractivity contribution in [2.75, 3.05) is 33.3 Å². The third kappa shape index (κ3) is 5.91. The molecule has 1 fully saturated rings.